The molecule has 0 bridgehead atoms. The number of aliphatic hydroxyl groups is 2. The Labute approximate surface area is 386 Å². The van der Waals surface area contributed by atoms with E-state index in [1.165, 1.54) is 71.8 Å². The molecule has 0 saturated carbocycles. The van der Waals surface area contributed by atoms with E-state index < -0.39 is 107 Å². The van der Waals surface area contributed by atoms with Gasteiger partial charge in [0.25, 0.3) is 5.91 Å². The maximum atomic E-state index is 14.4. The summed E-state index contributed by atoms with van der Waals surface area (Å²) in [5.74, 6) is -10.4. The van der Waals surface area contributed by atoms with E-state index in [0.717, 1.165) is 11.8 Å². The van der Waals surface area contributed by atoms with E-state index in [2.05, 4.69) is 21.3 Å². The average Bonchev–Trinajstić information content (AvgIpc) is 4.02. The Morgan fingerprint density at radius 2 is 1.39 bits per heavy atom. The fourth-order valence-corrected chi connectivity index (χ4v) is 12.6. The Morgan fingerprint density at radius 3 is 1.98 bits per heavy atom. The number of carboxylic acid groups (broad SMARTS) is 4. The van der Waals surface area contributed by atoms with Gasteiger partial charge in [-0.2, -0.15) is 0 Å². The number of carbonyl (C=O) groups is 8. The van der Waals surface area contributed by atoms with Crippen LogP contribution < -0.4 is 21.3 Å². The standard InChI is InChI=1S/C44H50N6O14S2/c1-17-31(29(19(3)51)42(59)60)48-32(43(61)62)35(17)66-26-14-28(38(54)47-24-10-6-8-22(12-24)41(57)58)49(16-26)39(55)21-7-5-9-23(11-21)46-37(53)27-13-25(15-45-27)65-36-18(2)33-30(20(4)52)40(56)50(33)34(36)44(63)64/h5-12,17-20,25-31,33,45,48,51-52H,13-16H2,1-4H3,(H,46,53)(H,47,54)(H,57,58)(H,59,60)(H,61,62)(H,63,64)/t17-,18-,19-,20-,25+,26+,27+,28+,29?,30-,31?,33-/m1/s1. The summed E-state index contributed by atoms with van der Waals surface area (Å²) < 4.78 is 0. The zero-order valence-corrected chi connectivity index (χ0v) is 37.7. The van der Waals surface area contributed by atoms with E-state index in [9.17, 15) is 69.0 Å². The third-order valence-corrected chi connectivity index (χ3v) is 15.8. The summed E-state index contributed by atoms with van der Waals surface area (Å²) in [4.78, 5) is 107. The number of aliphatic carboxylic acids is 3. The Kier molecular flexibility index (Phi) is 13.9. The zero-order chi connectivity index (χ0) is 48.0. The van der Waals surface area contributed by atoms with Crippen LogP contribution in [0, 0.1) is 23.7 Å². The van der Waals surface area contributed by atoms with Gasteiger partial charge >= 0.3 is 23.9 Å². The fraction of sp³-hybridized carbons (Fsp3) is 0.455. The Balaban J connectivity index is 1.07. The molecule has 5 heterocycles. The molecule has 22 heteroatoms. The average molecular weight is 951 g/mol. The molecule has 352 valence electrons. The van der Waals surface area contributed by atoms with Crippen LogP contribution in [0.5, 0.6) is 0 Å². The van der Waals surface area contributed by atoms with Crippen LogP contribution in [0.2, 0.25) is 0 Å². The lowest BCUT2D eigenvalue weighted by atomic mass is 9.79. The molecule has 4 amide bonds. The summed E-state index contributed by atoms with van der Waals surface area (Å²) in [6.45, 7) is 6.53. The highest BCUT2D eigenvalue weighted by Crippen LogP contribution is 2.52. The summed E-state index contributed by atoms with van der Waals surface area (Å²) in [6.07, 6.45) is -1.96. The number of hydrogen-bond acceptors (Lipinski definition) is 14. The van der Waals surface area contributed by atoms with Gasteiger partial charge < -0.3 is 61.7 Å². The highest BCUT2D eigenvalue weighted by Gasteiger charge is 2.60. The number of aromatic carboxylic acids is 1. The van der Waals surface area contributed by atoms with E-state index in [1.54, 1.807) is 19.1 Å². The van der Waals surface area contributed by atoms with Gasteiger partial charge in [0.2, 0.25) is 17.7 Å². The van der Waals surface area contributed by atoms with E-state index in [0.29, 0.717) is 17.9 Å². The van der Waals surface area contributed by atoms with Crippen molar-refractivity contribution < 1.29 is 69.0 Å². The lowest BCUT2D eigenvalue weighted by Gasteiger charge is -2.46. The largest absolute Gasteiger partial charge is 0.481 e. The molecule has 2 aromatic carbocycles. The Bertz CT molecular complexity index is 2440. The van der Waals surface area contributed by atoms with Crippen LogP contribution >= 0.6 is 23.5 Å². The Morgan fingerprint density at radius 1 is 0.773 bits per heavy atom. The first-order chi connectivity index (χ1) is 31.2. The summed E-state index contributed by atoms with van der Waals surface area (Å²) in [7, 11) is 0. The molecule has 10 N–H and O–H groups in total. The zero-order valence-electron chi connectivity index (χ0n) is 36.0. The molecule has 5 aliphatic heterocycles. The number of benzene rings is 2. The number of nitrogens with zero attached hydrogens (tertiary/aromatic N) is 2. The van der Waals surface area contributed by atoms with Gasteiger partial charge in [-0.25, -0.2) is 14.4 Å². The van der Waals surface area contributed by atoms with Crippen molar-refractivity contribution in [3.05, 3.63) is 80.9 Å². The van der Waals surface area contributed by atoms with Crippen molar-refractivity contribution in [1.29, 1.82) is 0 Å². The van der Waals surface area contributed by atoms with Gasteiger partial charge in [0.1, 0.15) is 23.4 Å². The van der Waals surface area contributed by atoms with Crippen LogP contribution in [0.25, 0.3) is 0 Å². The number of nitrogens with one attached hydrogen (secondary N) is 4. The molecule has 0 aliphatic carbocycles. The van der Waals surface area contributed by atoms with Crippen molar-refractivity contribution in [3.8, 4) is 0 Å². The fourth-order valence-electron chi connectivity index (χ4n) is 9.61. The number of aliphatic hydroxyl groups excluding tert-OH is 2. The molecule has 0 radical (unpaired) electrons. The molecule has 2 unspecified atom stereocenters. The molecule has 0 aromatic heterocycles. The molecular weight excluding hydrogens is 901 g/mol. The summed E-state index contributed by atoms with van der Waals surface area (Å²) >= 11 is 2.37. The van der Waals surface area contributed by atoms with Crippen LogP contribution in [0.4, 0.5) is 11.4 Å². The van der Waals surface area contributed by atoms with Gasteiger partial charge in [0.15, 0.2) is 0 Å². The van der Waals surface area contributed by atoms with Crippen molar-refractivity contribution >= 4 is 82.4 Å². The quantitative estimate of drug-likeness (QED) is 0.107. The number of β-lactam (4-membered cyclic amide) rings is 1. The van der Waals surface area contributed by atoms with Crippen molar-refractivity contribution in [2.75, 3.05) is 23.7 Å². The van der Waals surface area contributed by atoms with E-state index >= 15 is 0 Å². The van der Waals surface area contributed by atoms with Crippen LogP contribution in [0.1, 0.15) is 61.3 Å². The van der Waals surface area contributed by atoms with Crippen LogP contribution in [0.3, 0.4) is 0 Å². The molecule has 2 aromatic rings. The molecule has 12 atom stereocenters. The molecule has 5 aliphatic rings. The first-order valence-electron chi connectivity index (χ1n) is 21.2. The molecule has 66 heavy (non-hydrogen) atoms. The van der Waals surface area contributed by atoms with Crippen molar-refractivity contribution in [1.82, 2.24) is 20.4 Å². The molecule has 20 nitrogen and oxygen atoms in total. The second-order valence-corrected chi connectivity index (χ2v) is 19.9. The first kappa shape index (κ1) is 48.0. The van der Waals surface area contributed by atoms with Gasteiger partial charge in [-0.15, -0.1) is 23.5 Å². The van der Waals surface area contributed by atoms with Gasteiger partial charge in [-0.05, 0) is 63.1 Å². The van der Waals surface area contributed by atoms with Crippen molar-refractivity contribution in [2.45, 2.75) is 87.4 Å². The minimum atomic E-state index is -1.36. The second kappa shape index (κ2) is 19.1. The topological polar surface area (TPSA) is 313 Å². The number of fused-ring (bicyclic) bond motifs is 1. The summed E-state index contributed by atoms with van der Waals surface area (Å²) in [5, 5.41) is 70.7. The third-order valence-electron chi connectivity index (χ3n) is 12.8. The number of rotatable bonds is 16. The lowest BCUT2D eigenvalue weighted by Crippen LogP contribution is -2.63. The van der Waals surface area contributed by atoms with E-state index in [4.69, 9.17) is 0 Å². The molecule has 3 fully saturated rings. The van der Waals surface area contributed by atoms with Gasteiger partial charge in [-0.1, -0.05) is 26.0 Å². The van der Waals surface area contributed by atoms with Crippen LogP contribution in [-0.2, 0) is 28.8 Å². The highest BCUT2D eigenvalue weighted by atomic mass is 32.2. The number of likely N-dealkylation sites (tertiary alicyclic amines) is 1. The smallest absolute Gasteiger partial charge is 0.353 e. The van der Waals surface area contributed by atoms with Crippen molar-refractivity contribution in [2.24, 2.45) is 23.7 Å². The number of carboxylic acids is 4. The first-order valence-corrected chi connectivity index (χ1v) is 23.0. The summed E-state index contributed by atoms with van der Waals surface area (Å²) in [6, 6.07) is 8.27. The van der Waals surface area contributed by atoms with Crippen molar-refractivity contribution in [3.63, 3.8) is 0 Å². The van der Waals surface area contributed by atoms with E-state index in [-0.39, 0.29) is 62.9 Å². The van der Waals surface area contributed by atoms with Gasteiger partial charge in [0.05, 0.1) is 35.8 Å². The number of hydrogen-bond donors (Lipinski definition) is 10. The Hall–Kier alpha value is -5.94. The normalized spacial score (nSPS) is 28.3. The predicted molar refractivity (Wildman–Crippen MR) is 239 cm³/mol. The van der Waals surface area contributed by atoms with Crippen LogP contribution in [0.15, 0.2) is 69.7 Å². The third kappa shape index (κ3) is 9.24. The molecule has 0 spiro atoms. The minimum Gasteiger partial charge on any atom is -0.481 e. The highest BCUT2D eigenvalue weighted by molar-refractivity contribution is 8.04. The molecular formula is C44H50N6O14S2. The predicted octanol–water partition coefficient (Wildman–Crippen LogP) is 1.88. The second-order valence-electron chi connectivity index (χ2n) is 17.2. The number of carbonyl (C=O) groups excluding carboxylic acids is 4. The number of thioether (sulfide) groups is 2. The lowest BCUT2D eigenvalue weighted by molar-refractivity contribution is -0.163. The van der Waals surface area contributed by atoms with E-state index in [1.807, 2.05) is 6.92 Å². The van der Waals surface area contributed by atoms with Gasteiger partial charge in [-0.3, -0.25) is 24.0 Å². The SMILES string of the molecule is C[C@@H](O)C(C(=O)O)C1NC(C(=O)O)=C(S[C@H]2C[C@@H](C(=O)Nc3cccc(C(=O)O)c3)N(C(=O)c3cccc(NC(=O)[C@@H]4C[C@H](SC5=C(C(=O)O)N6C(=O)[C@H]([C@@H](C)O)[C@H]6[C@H]5C)CN4)c3)C2)[C@@H]1C. The molecule has 7 rings (SSSR count). The maximum Gasteiger partial charge on any atom is 0.353 e. The number of amides is 4. The number of anilines is 2. The molecule has 3 saturated heterocycles. The summed E-state index contributed by atoms with van der Waals surface area (Å²) in [5.41, 5.74) is 0.0522. The maximum absolute atomic E-state index is 14.4. The minimum absolute atomic E-state index is 0.0101. The van der Waals surface area contributed by atoms with Crippen LogP contribution in [-0.4, -0.2) is 148 Å². The van der Waals surface area contributed by atoms with Gasteiger partial charge in [0, 0.05) is 68.2 Å². The monoisotopic (exact) mass is 950 g/mol.